The molecule has 2 aliphatic rings. The first-order valence-corrected chi connectivity index (χ1v) is 13.0. The average molecular weight is 498 g/mol. The zero-order chi connectivity index (χ0) is 25.2. The van der Waals surface area contributed by atoms with Crippen molar-refractivity contribution in [3.8, 4) is 0 Å². The normalized spacial score (nSPS) is 16.9. The highest BCUT2D eigenvalue weighted by atomic mass is 16.2. The van der Waals surface area contributed by atoms with Crippen LogP contribution in [0.1, 0.15) is 59.5 Å². The molecule has 9 heteroatoms. The molecule has 4 aromatic rings. The summed E-state index contributed by atoms with van der Waals surface area (Å²) in [6, 6.07) is 9.61. The molecule has 0 radical (unpaired) electrons. The summed E-state index contributed by atoms with van der Waals surface area (Å²) in [5, 5.41) is 3.21. The highest BCUT2D eigenvalue weighted by Gasteiger charge is 2.34. The topological polar surface area (TPSA) is 97.4 Å². The lowest BCUT2D eigenvalue weighted by atomic mass is 9.70. The molecule has 0 atom stereocenters. The van der Waals surface area contributed by atoms with Gasteiger partial charge in [0.2, 0.25) is 5.91 Å². The third kappa shape index (κ3) is 4.61. The van der Waals surface area contributed by atoms with E-state index in [9.17, 15) is 9.59 Å². The van der Waals surface area contributed by atoms with E-state index >= 15 is 0 Å². The largest absolute Gasteiger partial charge is 0.350 e. The van der Waals surface area contributed by atoms with E-state index in [-0.39, 0.29) is 23.7 Å². The molecule has 6 rings (SSSR count). The molecule has 2 amide bonds. The number of rotatable bonds is 6. The minimum absolute atomic E-state index is 0.0255. The van der Waals surface area contributed by atoms with Crippen LogP contribution in [0.3, 0.4) is 0 Å². The van der Waals surface area contributed by atoms with Crippen molar-refractivity contribution in [2.75, 3.05) is 13.1 Å². The number of carbonyl (C=O) groups excluding carboxylic acids is 2. The molecular formula is C28H31N7O2. The molecule has 0 bridgehead atoms. The van der Waals surface area contributed by atoms with Gasteiger partial charge in [-0.3, -0.25) is 19.0 Å². The SMILES string of the molecule is O=C(NCC1(c2cccnc2)CCCCC1)c1cccc2nc(CC(=O)N3CCn4cncc4C3)cn12. The Morgan fingerprint density at radius 2 is 1.89 bits per heavy atom. The minimum atomic E-state index is -0.140. The zero-order valence-electron chi connectivity index (χ0n) is 20.8. The predicted octanol–water partition coefficient (Wildman–Crippen LogP) is 3.14. The Labute approximate surface area is 215 Å². The van der Waals surface area contributed by atoms with Gasteiger partial charge < -0.3 is 14.8 Å². The summed E-state index contributed by atoms with van der Waals surface area (Å²) in [6.45, 7) is 2.52. The minimum Gasteiger partial charge on any atom is -0.350 e. The summed E-state index contributed by atoms with van der Waals surface area (Å²) in [7, 11) is 0. The summed E-state index contributed by atoms with van der Waals surface area (Å²) >= 11 is 0. The number of imidazole rings is 2. The third-order valence-electron chi connectivity index (χ3n) is 7.89. The summed E-state index contributed by atoms with van der Waals surface area (Å²) in [5.74, 6) is -0.114. The number of hydrogen-bond acceptors (Lipinski definition) is 5. The molecule has 190 valence electrons. The van der Waals surface area contributed by atoms with Gasteiger partial charge in [-0.1, -0.05) is 31.4 Å². The fourth-order valence-corrected chi connectivity index (χ4v) is 5.81. The Bertz CT molecular complexity index is 1420. The summed E-state index contributed by atoms with van der Waals surface area (Å²) in [4.78, 5) is 41.4. The van der Waals surface area contributed by atoms with Crippen LogP contribution >= 0.6 is 0 Å². The van der Waals surface area contributed by atoms with Crippen molar-refractivity contribution in [3.05, 3.63) is 84.1 Å². The maximum atomic E-state index is 13.4. The number of nitrogens with one attached hydrogen (secondary N) is 1. The second kappa shape index (κ2) is 9.80. The van der Waals surface area contributed by atoms with Gasteiger partial charge in [-0.2, -0.15) is 0 Å². The van der Waals surface area contributed by atoms with Crippen LogP contribution < -0.4 is 5.32 Å². The van der Waals surface area contributed by atoms with Crippen molar-refractivity contribution < 1.29 is 9.59 Å². The van der Waals surface area contributed by atoms with Crippen molar-refractivity contribution >= 4 is 17.5 Å². The quantitative estimate of drug-likeness (QED) is 0.441. The maximum absolute atomic E-state index is 13.4. The van der Waals surface area contributed by atoms with Crippen molar-refractivity contribution in [2.24, 2.45) is 0 Å². The standard InChI is InChI=1S/C28H31N7O2/c36-26(33-12-13-34-20-30-16-23(34)18-33)14-22-17-35-24(7-4-8-25(35)32-22)27(37)31-19-28(9-2-1-3-10-28)21-6-5-11-29-15-21/h4-8,11,15-17,20H,1-3,9-10,12-14,18-19H2,(H,31,37). The van der Waals surface area contributed by atoms with Gasteiger partial charge in [-0.25, -0.2) is 9.97 Å². The second-order valence-electron chi connectivity index (χ2n) is 10.2. The van der Waals surface area contributed by atoms with Crippen LogP contribution in [0.2, 0.25) is 0 Å². The lowest BCUT2D eigenvalue weighted by molar-refractivity contribution is -0.131. The summed E-state index contributed by atoms with van der Waals surface area (Å²) < 4.78 is 3.87. The number of nitrogens with zero attached hydrogens (tertiary/aromatic N) is 6. The van der Waals surface area contributed by atoms with Gasteiger partial charge >= 0.3 is 0 Å². The average Bonchev–Trinajstić information content (AvgIpc) is 3.58. The van der Waals surface area contributed by atoms with Crippen LogP contribution in [0, 0.1) is 0 Å². The molecule has 37 heavy (non-hydrogen) atoms. The molecule has 1 saturated carbocycles. The summed E-state index contributed by atoms with van der Waals surface area (Å²) in [6.07, 6.45) is 15.0. The monoisotopic (exact) mass is 497 g/mol. The number of aromatic nitrogens is 5. The van der Waals surface area contributed by atoms with E-state index in [1.807, 2.05) is 35.5 Å². The van der Waals surface area contributed by atoms with Crippen LogP contribution in [-0.2, 0) is 29.7 Å². The van der Waals surface area contributed by atoms with Gasteiger partial charge in [0, 0.05) is 49.8 Å². The molecule has 1 aliphatic carbocycles. The van der Waals surface area contributed by atoms with E-state index < -0.39 is 0 Å². The zero-order valence-corrected chi connectivity index (χ0v) is 20.8. The van der Waals surface area contributed by atoms with E-state index in [0.717, 1.165) is 37.9 Å². The highest BCUT2D eigenvalue weighted by molar-refractivity contribution is 5.93. The van der Waals surface area contributed by atoms with E-state index in [1.165, 1.54) is 12.0 Å². The van der Waals surface area contributed by atoms with Crippen molar-refractivity contribution in [1.82, 2.24) is 34.1 Å². The van der Waals surface area contributed by atoms with E-state index in [0.29, 0.717) is 36.7 Å². The van der Waals surface area contributed by atoms with Gasteiger partial charge in [-0.05, 0) is 36.6 Å². The Hall–Kier alpha value is -4.01. The van der Waals surface area contributed by atoms with Gasteiger partial charge in [0.1, 0.15) is 11.3 Å². The smallest absolute Gasteiger partial charge is 0.268 e. The van der Waals surface area contributed by atoms with Gasteiger partial charge in [0.15, 0.2) is 0 Å². The Kier molecular flexibility index (Phi) is 6.20. The number of carbonyl (C=O) groups is 2. The molecule has 1 N–H and O–H groups in total. The first kappa shape index (κ1) is 23.4. The fourth-order valence-electron chi connectivity index (χ4n) is 5.81. The van der Waals surface area contributed by atoms with Gasteiger partial charge in [0.05, 0.1) is 30.7 Å². The Morgan fingerprint density at radius 1 is 1.00 bits per heavy atom. The van der Waals surface area contributed by atoms with E-state index in [4.69, 9.17) is 0 Å². The molecule has 1 aliphatic heterocycles. The van der Waals surface area contributed by atoms with Crippen LogP contribution in [0.15, 0.2) is 61.4 Å². The Balaban J connectivity index is 1.17. The van der Waals surface area contributed by atoms with Crippen molar-refractivity contribution in [2.45, 2.75) is 57.0 Å². The van der Waals surface area contributed by atoms with E-state index in [1.54, 1.807) is 29.2 Å². The molecule has 0 saturated heterocycles. The third-order valence-corrected chi connectivity index (χ3v) is 7.89. The lowest BCUT2D eigenvalue weighted by Gasteiger charge is -2.37. The highest BCUT2D eigenvalue weighted by Crippen LogP contribution is 2.38. The van der Waals surface area contributed by atoms with Gasteiger partial charge in [-0.15, -0.1) is 0 Å². The number of hydrogen-bond donors (Lipinski definition) is 1. The molecular weight excluding hydrogens is 466 g/mol. The van der Waals surface area contributed by atoms with E-state index in [2.05, 4.69) is 30.9 Å². The molecule has 0 aromatic carbocycles. The van der Waals surface area contributed by atoms with Crippen LogP contribution in [0.5, 0.6) is 0 Å². The first-order chi connectivity index (χ1) is 18.1. The molecule has 0 spiro atoms. The molecule has 9 nitrogen and oxygen atoms in total. The molecule has 0 unspecified atom stereocenters. The van der Waals surface area contributed by atoms with Crippen molar-refractivity contribution in [1.29, 1.82) is 0 Å². The fraction of sp³-hybridized carbons (Fsp3) is 0.393. The number of fused-ring (bicyclic) bond motifs is 2. The van der Waals surface area contributed by atoms with Crippen molar-refractivity contribution in [3.63, 3.8) is 0 Å². The number of amides is 2. The maximum Gasteiger partial charge on any atom is 0.268 e. The molecule has 4 aromatic heterocycles. The van der Waals surface area contributed by atoms with Gasteiger partial charge in [0.25, 0.3) is 5.91 Å². The van der Waals surface area contributed by atoms with Crippen LogP contribution in [0.25, 0.3) is 5.65 Å². The van der Waals surface area contributed by atoms with Crippen LogP contribution in [-0.4, -0.2) is 53.7 Å². The molecule has 5 heterocycles. The number of pyridine rings is 2. The predicted molar refractivity (Wildman–Crippen MR) is 138 cm³/mol. The van der Waals surface area contributed by atoms with Crippen LogP contribution in [0.4, 0.5) is 0 Å². The lowest BCUT2D eigenvalue weighted by Crippen LogP contribution is -2.42. The summed E-state index contributed by atoms with van der Waals surface area (Å²) in [5.41, 5.74) is 3.97. The molecule has 1 fully saturated rings. The Morgan fingerprint density at radius 3 is 2.73 bits per heavy atom. The first-order valence-electron chi connectivity index (χ1n) is 13.0. The second-order valence-corrected chi connectivity index (χ2v) is 10.2.